The monoisotopic (exact) mass is 272 g/mol. The number of rotatable bonds is 7. The molecule has 0 aromatic heterocycles. The van der Waals surface area contributed by atoms with Crippen LogP contribution in [0.3, 0.4) is 0 Å². The predicted octanol–water partition coefficient (Wildman–Crippen LogP) is 2.62. The van der Waals surface area contributed by atoms with Crippen LogP contribution in [0.25, 0.3) is 0 Å². The van der Waals surface area contributed by atoms with Crippen LogP contribution in [-0.4, -0.2) is 33.2 Å². The molecule has 0 bridgehead atoms. The van der Waals surface area contributed by atoms with E-state index in [1.807, 2.05) is 6.08 Å². The molecule has 0 amide bonds. The zero-order valence-electron chi connectivity index (χ0n) is 12.0. The second-order valence-electron chi connectivity index (χ2n) is 5.17. The standard InChI is InChI=1S/C13H24O4Si/c1-6-16-12(14)11(13(15)17-7-2)9-8-10-18(3,4)5/h8-9,11H,6-7,10H2,1-5H3/b9-8+. The average molecular weight is 272 g/mol. The van der Waals surface area contributed by atoms with Gasteiger partial charge < -0.3 is 9.47 Å². The van der Waals surface area contributed by atoms with Crippen molar-refractivity contribution in [3.63, 3.8) is 0 Å². The smallest absolute Gasteiger partial charge is 0.324 e. The number of carbonyl (C=O) groups excluding carboxylic acids is 2. The van der Waals surface area contributed by atoms with E-state index in [9.17, 15) is 9.59 Å². The van der Waals surface area contributed by atoms with Gasteiger partial charge >= 0.3 is 11.9 Å². The molecule has 0 rings (SSSR count). The Morgan fingerprint density at radius 3 is 1.83 bits per heavy atom. The minimum atomic E-state index is -1.22. The molecule has 0 atom stereocenters. The van der Waals surface area contributed by atoms with Crippen LogP contribution in [-0.2, 0) is 19.1 Å². The van der Waals surface area contributed by atoms with Crippen LogP contribution >= 0.6 is 0 Å². The lowest BCUT2D eigenvalue weighted by molar-refractivity contribution is -0.158. The van der Waals surface area contributed by atoms with E-state index in [-0.39, 0.29) is 13.2 Å². The van der Waals surface area contributed by atoms with E-state index in [1.54, 1.807) is 19.9 Å². The molecule has 0 aliphatic carbocycles. The van der Waals surface area contributed by atoms with Crippen molar-refractivity contribution >= 4 is 20.0 Å². The summed E-state index contributed by atoms with van der Waals surface area (Å²) in [5, 5.41) is 0. The third-order valence-corrected chi connectivity index (χ3v) is 3.60. The van der Waals surface area contributed by atoms with Crippen molar-refractivity contribution in [3.05, 3.63) is 12.2 Å². The molecule has 0 radical (unpaired) electrons. The highest BCUT2D eigenvalue weighted by Gasteiger charge is 2.26. The van der Waals surface area contributed by atoms with Crippen molar-refractivity contribution in [2.45, 2.75) is 39.5 Å². The summed E-state index contributed by atoms with van der Waals surface area (Å²) >= 11 is 0. The fourth-order valence-corrected chi connectivity index (χ4v) is 2.12. The highest BCUT2D eigenvalue weighted by molar-refractivity contribution is 6.76. The fourth-order valence-electron chi connectivity index (χ4n) is 1.28. The highest BCUT2D eigenvalue weighted by atomic mass is 28.3. The Kier molecular flexibility index (Phi) is 7.58. The summed E-state index contributed by atoms with van der Waals surface area (Å²) in [7, 11) is -1.22. The van der Waals surface area contributed by atoms with E-state index < -0.39 is 25.9 Å². The molecule has 0 N–H and O–H groups in total. The van der Waals surface area contributed by atoms with Gasteiger partial charge in [0.25, 0.3) is 0 Å². The van der Waals surface area contributed by atoms with E-state index in [1.165, 1.54) is 0 Å². The molecule has 0 spiro atoms. The van der Waals surface area contributed by atoms with Gasteiger partial charge in [0.2, 0.25) is 0 Å². The van der Waals surface area contributed by atoms with Crippen molar-refractivity contribution in [3.8, 4) is 0 Å². The lowest BCUT2D eigenvalue weighted by atomic mass is 10.1. The van der Waals surface area contributed by atoms with Crippen LogP contribution in [0.5, 0.6) is 0 Å². The summed E-state index contributed by atoms with van der Waals surface area (Å²) in [6.07, 6.45) is 3.50. The molecule has 0 aliphatic rings. The topological polar surface area (TPSA) is 52.6 Å². The van der Waals surface area contributed by atoms with Crippen molar-refractivity contribution in [2.24, 2.45) is 5.92 Å². The van der Waals surface area contributed by atoms with Gasteiger partial charge in [-0.25, -0.2) is 0 Å². The lowest BCUT2D eigenvalue weighted by Crippen LogP contribution is -2.26. The Hall–Kier alpha value is -1.10. The zero-order chi connectivity index (χ0) is 14.2. The Morgan fingerprint density at radius 2 is 1.50 bits per heavy atom. The molecule has 0 heterocycles. The second kappa shape index (κ2) is 8.08. The highest BCUT2D eigenvalue weighted by Crippen LogP contribution is 2.12. The van der Waals surface area contributed by atoms with Crippen molar-refractivity contribution < 1.29 is 19.1 Å². The van der Waals surface area contributed by atoms with Crippen LogP contribution in [0.2, 0.25) is 25.7 Å². The number of allylic oxidation sites excluding steroid dienone is 1. The molecule has 0 aromatic rings. The molecular formula is C13H24O4Si. The van der Waals surface area contributed by atoms with Crippen molar-refractivity contribution in [1.29, 1.82) is 0 Å². The Balaban J connectivity index is 4.66. The normalized spacial score (nSPS) is 11.9. The van der Waals surface area contributed by atoms with Gasteiger partial charge in [0.15, 0.2) is 5.92 Å². The van der Waals surface area contributed by atoms with Gasteiger partial charge in [-0.2, -0.15) is 0 Å². The Labute approximate surface area is 110 Å². The molecule has 0 unspecified atom stereocenters. The number of hydrogen-bond donors (Lipinski definition) is 0. The van der Waals surface area contributed by atoms with Gasteiger partial charge in [-0.05, 0) is 19.9 Å². The maximum Gasteiger partial charge on any atom is 0.324 e. The fraction of sp³-hybridized carbons (Fsp3) is 0.692. The van der Waals surface area contributed by atoms with E-state index in [0.717, 1.165) is 6.04 Å². The van der Waals surface area contributed by atoms with Gasteiger partial charge in [-0.15, -0.1) is 0 Å². The van der Waals surface area contributed by atoms with Gasteiger partial charge in [0.1, 0.15) is 0 Å². The number of esters is 2. The number of ether oxygens (including phenoxy) is 2. The van der Waals surface area contributed by atoms with Crippen LogP contribution in [0.15, 0.2) is 12.2 Å². The van der Waals surface area contributed by atoms with Gasteiger partial charge in [-0.1, -0.05) is 31.8 Å². The van der Waals surface area contributed by atoms with Gasteiger partial charge in [-0.3, -0.25) is 9.59 Å². The maximum atomic E-state index is 11.7. The average Bonchev–Trinajstić information content (AvgIpc) is 2.23. The molecule has 18 heavy (non-hydrogen) atoms. The molecule has 0 aromatic carbocycles. The largest absolute Gasteiger partial charge is 0.465 e. The molecule has 0 saturated carbocycles. The molecule has 0 fully saturated rings. The zero-order valence-corrected chi connectivity index (χ0v) is 13.0. The summed E-state index contributed by atoms with van der Waals surface area (Å²) < 4.78 is 9.75. The van der Waals surface area contributed by atoms with Crippen LogP contribution < -0.4 is 0 Å². The van der Waals surface area contributed by atoms with Crippen LogP contribution in [0.1, 0.15) is 13.8 Å². The predicted molar refractivity (Wildman–Crippen MR) is 74.0 cm³/mol. The maximum absolute atomic E-state index is 11.7. The van der Waals surface area contributed by atoms with Crippen molar-refractivity contribution in [2.75, 3.05) is 13.2 Å². The molecule has 104 valence electrons. The Bertz CT molecular complexity index is 287. The van der Waals surface area contributed by atoms with Gasteiger partial charge in [0, 0.05) is 8.07 Å². The first-order valence-corrected chi connectivity index (χ1v) is 10.0. The first kappa shape index (κ1) is 16.9. The first-order chi connectivity index (χ1) is 8.31. The number of carbonyl (C=O) groups is 2. The van der Waals surface area contributed by atoms with E-state index in [2.05, 4.69) is 19.6 Å². The molecular weight excluding hydrogens is 248 g/mol. The minimum absolute atomic E-state index is 0.261. The summed E-state index contributed by atoms with van der Waals surface area (Å²) in [5.74, 6) is -2.01. The third kappa shape index (κ3) is 7.27. The van der Waals surface area contributed by atoms with E-state index in [0.29, 0.717) is 0 Å². The van der Waals surface area contributed by atoms with Crippen LogP contribution in [0.4, 0.5) is 0 Å². The quantitative estimate of drug-likeness (QED) is 0.309. The minimum Gasteiger partial charge on any atom is -0.465 e. The summed E-state index contributed by atoms with van der Waals surface area (Å²) in [5.41, 5.74) is 0. The summed E-state index contributed by atoms with van der Waals surface area (Å²) in [6, 6.07) is 0.919. The number of hydrogen-bond acceptors (Lipinski definition) is 4. The SMILES string of the molecule is CCOC(=O)C(/C=C/C[Si](C)(C)C)C(=O)OCC. The second-order valence-corrected chi connectivity index (χ2v) is 10.7. The Morgan fingerprint density at radius 1 is 1.06 bits per heavy atom. The molecule has 0 saturated heterocycles. The van der Waals surface area contributed by atoms with Gasteiger partial charge in [0.05, 0.1) is 13.2 Å². The molecule has 0 aliphatic heterocycles. The summed E-state index contributed by atoms with van der Waals surface area (Å²) in [6.45, 7) is 10.6. The lowest BCUT2D eigenvalue weighted by Gasteiger charge is -2.13. The van der Waals surface area contributed by atoms with Crippen LogP contribution in [0, 0.1) is 5.92 Å². The third-order valence-electron chi connectivity index (χ3n) is 2.14. The van der Waals surface area contributed by atoms with Crippen molar-refractivity contribution in [1.82, 2.24) is 0 Å². The van der Waals surface area contributed by atoms with E-state index in [4.69, 9.17) is 9.47 Å². The first-order valence-electron chi connectivity index (χ1n) is 6.31. The van der Waals surface area contributed by atoms with E-state index >= 15 is 0 Å². The molecule has 5 heteroatoms. The summed E-state index contributed by atoms with van der Waals surface area (Å²) in [4.78, 5) is 23.3. The molecule has 4 nitrogen and oxygen atoms in total.